The summed E-state index contributed by atoms with van der Waals surface area (Å²) in [5.41, 5.74) is 1.42. The van der Waals surface area contributed by atoms with E-state index in [0.29, 0.717) is 22.6 Å². The summed E-state index contributed by atoms with van der Waals surface area (Å²) < 4.78 is 13.2. The zero-order chi connectivity index (χ0) is 14.3. The Kier molecular flexibility index (Phi) is 3.52. The van der Waals surface area contributed by atoms with E-state index in [-0.39, 0.29) is 5.02 Å². The van der Waals surface area contributed by atoms with Crippen molar-refractivity contribution in [1.82, 2.24) is 9.97 Å². The molecule has 1 saturated carbocycles. The summed E-state index contributed by atoms with van der Waals surface area (Å²) in [4.78, 5) is 8.80. The fourth-order valence-electron chi connectivity index (χ4n) is 1.86. The van der Waals surface area contributed by atoms with E-state index < -0.39 is 5.82 Å². The lowest BCUT2D eigenvalue weighted by atomic mass is 10.2. The molecule has 104 valence electrons. The average Bonchev–Trinajstić information content (AvgIpc) is 3.23. The standard InChI is InChI=1S/C14H12Cl2FN3/c1-7-12(16)19-14(8-2-3-8)20-13(7)18-9-4-5-11(17)10(15)6-9/h4-6,8H,2-3H2,1H3,(H,18,19,20). The first-order chi connectivity index (χ1) is 9.54. The van der Waals surface area contributed by atoms with Gasteiger partial charge in [-0.25, -0.2) is 14.4 Å². The van der Waals surface area contributed by atoms with Crippen LogP contribution in [0.1, 0.15) is 30.1 Å². The molecule has 1 N–H and O–H groups in total. The third-order valence-corrected chi connectivity index (χ3v) is 3.89. The molecule has 2 aromatic rings. The van der Waals surface area contributed by atoms with Gasteiger partial charge < -0.3 is 5.32 Å². The number of rotatable bonds is 3. The number of hydrogen-bond donors (Lipinski definition) is 1. The van der Waals surface area contributed by atoms with Gasteiger partial charge in [-0.15, -0.1) is 0 Å². The Labute approximate surface area is 126 Å². The second-order valence-electron chi connectivity index (χ2n) is 4.87. The summed E-state index contributed by atoms with van der Waals surface area (Å²) in [5, 5.41) is 3.62. The molecule has 6 heteroatoms. The number of aromatic nitrogens is 2. The van der Waals surface area contributed by atoms with Crippen LogP contribution in [-0.4, -0.2) is 9.97 Å². The third kappa shape index (κ3) is 2.72. The van der Waals surface area contributed by atoms with Gasteiger partial charge in [0.25, 0.3) is 0 Å². The molecule has 0 aliphatic heterocycles. The lowest BCUT2D eigenvalue weighted by Gasteiger charge is -2.11. The zero-order valence-corrected chi connectivity index (χ0v) is 12.3. The van der Waals surface area contributed by atoms with Crippen LogP contribution < -0.4 is 5.32 Å². The number of nitrogens with zero attached hydrogens (tertiary/aromatic N) is 2. The van der Waals surface area contributed by atoms with Crippen molar-refractivity contribution < 1.29 is 4.39 Å². The normalized spacial score (nSPS) is 14.4. The van der Waals surface area contributed by atoms with E-state index >= 15 is 0 Å². The molecule has 0 atom stereocenters. The molecule has 1 heterocycles. The molecule has 0 bridgehead atoms. The van der Waals surface area contributed by atoms with Crippen molar-refractivity contribution in [3.05, 3.63) is 45.6 Å². The minimum atomic E-state index is -0.451. The Morgan fingerprint density at radius 2 is 2.00 bits per heavy atom. The van der Waals surface area contributed by atoms with E-state index in [9.17, 15) is 4.39 Å². The lowest BCUT2D eigenvalue weighted by Crippen LogP contribution is -2.03. The van der Waals surface area contributed by atoms with Crippen LogP contribution in [0.2, 0.25) is 10.2 Å². The minimum Gasteiger partial charge on any atom is -0.340 e. The van der Waals surface area contributed by atoms with Gasteiger partial charge in [0.1, 0.15) is 22.6 Å². The Morgan fingerprint density at radius 3 is 2.65 bits per heavy atom. The molecule has 20 heavy (non-hydrogen) atoms. The van der Waals surface area contributed by atoms with E-state index in [0.717, 1.165) is 24.2 Å². The number of halogens is 3. The number of nitrogens with one attached hydrogen (secondary N) is 1. The van der Waals surface area contributed by atoms with Crippen molar-refractivity contribution in [3.8, 4) is 0 Å². The van der Waals surface area contributed by atoms with Crippen LogP contribution in [0.25, 0.3) is 0 Å². The highest BCUT2D eigenvalue weighted by Gasteiger charge is 2.28. The van der Waals surface area contributed by atoms with Gasteiger partial charge in [-0.1, -0.05) is 23.2 Å². The van der Waals surface area contributed by atoms with E-state index in [4.69, 9.17) is 23.2 Å². The highest BCUT2D eigenvalue weighted by Crippen LogP contribution is 2.39. The Balaban J connectivity index is 1.94. The van der Waals surface area contributed by atoms with Gasteiger partial charge in [-0.2, -0.15) is 0 Å². The molecule has 1 aliphatic rings. The summed E-state index contributed by atoms with van der Waals surface area (Å²) >= 11 is 11.9. The fourth-order valence-corrected chi connectivity index (χ4v) is 2.22. The molecule has 0 amide bonds. The SMILES string of the molecule is Cc1c(Cl)nc(C2CC2)nc1Nc1ccc(F)c(Cl)c1. The summed E-state index contributed by atoms with van der Waals surface area (Å²) in [6.45, 7) is 1.84. The predicted molar refractivity (Wildman–Crippen MR) is 78.4 cm³/mol. The Morgan fingerprint density at radius 1 is 1.25 bits per heavy atom. The van der Waals surface area contributed by atoms with Crippen LogP contribution in [0.3, 0.4) is 0 Å². The minimum absolute atomic E-state index is 0.0650. The van der Waals surface area contributed by atoms with Gasteiger partial charge in [0, 0.05) is 17.2 Å². The topological polar surface area (TPSA) is 37.8 Å². The largest absolute Gasteiger partial charge is 0.340 e. The average molecular weight is 312 g/mol. The second-order valence-corrected chi connectivity index (χ2v) is 5.64. The van der Waals surface area contributed by atoms with Crippen molar-refractivity contribution in [1.29, 1.82) is 0 Å². The summed E-state index contributed by atoms with van der Waals surface area (Å²) in [6.07, 6.45) is 2.20. The van der Waals surface area contributed by atoms with Crippen LogP contribution in [0.15, 0.2) is 18.2 Å². The van der Waals surface area contributed by atoms with Gasteiger partial charge >= 0.3 is 0 Å². The monoisotopic (exact) mass is 311 g/mol. The van der Waals surface area contributed by atoms with Gasteiger partial charge in [0.15, 0.2) is 0 Å². The Hall–Kier alpha value is -1.39. The highest BCUT2D eigenvalue weighted by molar-refractivity contribution is 6.31. The first kappa shape index (κ1) is 13.6. The predicted octanol–water partition coefficient (Wildman–Crippen LogP) is 4.85. The van der Waals surface area contributed by atoms with Gasteiger partial charge in [0.05, 0.1) is 5.02 Å². The van der Waals surface area contributed by atoms with E-state index in [1.165, 1.54) is 12.1 Å². The molecule has 3 rings (SSSR count). The van der Waals surface area contributed by atoms with Gasteiger partial charge in [-0.3, -0.25) is 0 Å². The zero-order valence-electron chi connectivity index (χ0n) is 10.8. The van der Waals surface area contributed by atoms with Crippen molar-refractivity contribution in [2.45, 2.75) is 25.7 Å². The number of hydrogen-bond acceptors (Lipinski definition) is 3. The van der Waals surface area contributed by atoms with E-state index in [1.807, 2.05) is 6.92 Å². The van der Waals surface area contributed by atoms with Crippen LogP contribution in [0.4, 0.5) is 15.9 Å². The maximum atomic E-state index is 13.2. The van der Waals surface area contributed by atoms with Gasteiger partial charge in [-0.05, 0) is 38.0 Å². The van der Waals surface area contributed by atoms with Crippen molar-refractivity contribution in [3.63, 3.8) is 0 Å². The maximum absolute atomic E-state index is 13.2. The maximum Gasteiger partial charge on any atom is 0.141 e. The van der Waals surface area contributed by atoms with Crippen LogP contribution in [0, 0.1) is 12.7 Å². The molecule has 1 aromatic carbocycles. The summed E-state index contributed by atoms with van der Waals surface area (Å²) in [6, 6.07) is 4.43. The highest BCUT2D eigenvalue weighted by atomic mass is 35.5. The molecule has 1 fully saturated rings. The Bertz CT molecular complexity index is 672. The second kappa shape index (κ2) is 5.19. The van der Waals surface area contributed by atoms with Crippen molar-refractivity contribution >= 4 is 34.7 Å². The summed E-state index contributed by atoms with van der Waals surface area (Å²) in [7, 11) is 0. The van der Waals surface area contributed by atoms with E-state index in [2.05, 4.69) is 15.3 Å². The fraction of sp³-hybridized carbons (Fsp3) is 0.286. The molecule has 1 aromatic heterocycles. The summed E-state index contributed by atoms with van der Waals surface area (Å²) in [5.74, 6) is 1.35. The van der Waals surface area contributed by atoms with Crippen molar-refractivity contribution in [2.75, 3.05) is 5.32 Å². The molecule has 0 saturated heterocycles. The van der Waals surface area contributed by atoms with Gasteiger partial charge in [0.2, 0.25) is 0 Å². The molecule has 1 aliphatic carbocycles. The lowest BCUT2D eigenvalue weighted by molar-refractivity contribution is 0.628. The van der Waals surface area contributed by atoms with Crippen LogP contribution >= 0.6 is 23.2 Å². The van der Waals surface area contributed by atoms with Crippen molar-refractivity contribution in [2.24, 2.45) is 0 Å². The van der Waals surface area contributed by atoms with Crippen LogP contribution in [-0.2, 0) is 0 Å². The molecule has 0 spiro atoms. The smallest absolute Gasteiger partial charge is 0.141 e. The molecular formula is C14H12Cl2FN3. The molecular weight excluding hydrogens is 300 g/mol. The van der Waals surface area contributed by atoms with E-state index in [1.54, 1.807) is 6.07 Å². The number of anilines is 2. The number of benzene rings is 1. The first-order valence-electron chi connectivity index (χ1n) is 6.30. The molecule has 0 radical (unpaired) electrons. The quantitative estimate of drug-likeness (QED) is 0.823. The van der Waals surface area contributed by atoms with Crippen LogP contribution in [0.5, 0.6) is 0 Å². The molecule has 0 unspecified atom stereocenters. The first-order valence-corrected chi connectivity index (χ1v) is 7.06. The molecule has 3 nitrogen and oxygen atoms in total. The third-order valence-electron chi connectivity index (χ3n) is 3.23.